The maximum absolute atomic E-state index is 12.0. The van der Waals surface area contributed by atoms with Crippen LogP contribution in [0.25, 0.3) is 0 Å². The molecular weight excluding hydrogens is 216 g/mol. The number of carbonyl (C=O) groups excluding carboxylic acids is 1. The Kier molecular flexibility index (Phi) is 4.20. The lowest BCUT2D eigenvalue weighted by atomic mass is 9.98. The molecule has 1 aromatic rings. The second-order valence-corrected chi connectivity index (χ2v) is 4.74. The molecule has 0 bridgehead atoms. The maximum atomic E-state index is 12.0. The van der Waals surface area contributed by atoms with E-state index in [2.05, 4.69) is 10.6 Å². The van der Waals surface area contributed by atoms with Crippen molar-refractivity contribution < 1.29 is 9.21 Å². The highest BCUT2D eigenvalue weighted by atomic mass is 16.3. The zero-order valence-electron chi connectivity index (χ0n) is 10.2. The van der Waals surface area contributed by atoms with Crippen LogP contribution in [-0.2, 0) is 11.2 Å². The largest absolute Gasteiger partial charge is 0.469 e. The lowest BCUT2D eigenvalue weighted by Crippen LogP contribution is -2.44. The van der Waals surface area contributed by atoms with Crippen molar-refractivity contribution in [2.75, 3.05) is 13.1 Å². The third-order valence-electron chi connectivity index (χ3n) is 3.14. The van der Waals surface area contributed by atoms with E-state index < -0.39 is 0 Å². The quantitative estimate of drug-likeness (QED) is 0.829. The van der Waals surface area contributed by atoms with E-state index in [4.69, 9.17) is 4.42 Å². The van der Waals surface area contributed by atoms with Gasteiger partial charge in [0.25, 0.3) is 0 Å². The molecule has 4 nitrogen and oxygen atoms in total. The first-order chi connectivity index (χ1) is 8.25. The van der Waals surface area contributed by atoms with Crippen LogP contribution in [0.3, 0.4) is 0 Å². The predicted molar refractivity (Wildman–Crippen MR) is 65.6 cm³/mol. The number of rotatable bonds is 4. The van der Waals surface area contributed by atoms with Crippen LogP contribution in [0.4, 0.5) is 0 Å². The molecule has 1 fully saturated rings. The Labute approximate surface area is 102 Å². The van der Waals surface area contributed by atoms with Crippen LogP contribution in [0.1, 0.15) is 25.5 Å². The predicted octanol–water partition coefficient (Wildman–Crippen LogP) is 1.33. The molecule has 4 heteroatoms. The first-order valence-electron chi connectivity index (χ1n) is 6.29. The van der Waals surface area contributed by atoms with Gasteiger partial charge in [0.05, 0.1) is 12.2 Å². The van der Waals surface area contributed by atoms with Gasteiger partial charge in [-0.1, -0.05) is 0 Å². The summed E-state index contributed by atoms with van der Waals surface area (Å²) in [5.41, 5.74) is 0. The van der Waals surface area contributed by atoms with Crippen LogP contribution in [0, 0.1) is 5.92 Å². The number of furan rings is 1. The van der Waals surface area contributed by atoms with E-state index in [1.54, 1.807) is 6.26 Å². The van der Waals surface area contributed by atoms with Gasteiger partial charge >= 0.3 is 0 Å². The standard InChI is InChI=1S/C13H20N2O2/c1-10(8-12-5-3-7-17-12)15-13(16)11-4-2-6-14-9-11/h3,5,7,10-11,14H,2,4,6,8-9H2,1H3,(H,15,16)/t10?,11-/m1/s1. The molecular formula is C13H20N2O2. The van der Waals surface area contributed by atoms with Crippen molar-refractivity contribution in [3.05, 3.63) is 24.2 Å². The van der Waals surface area contributed by atoms with Crippen LogP contribution < -0.4 is 10.6 Å². The fourth-order valence-corrected chi connectivity index (χ4v) is 2.22. The van der Waals surface area contributed by atoms with Crippen LogP contribution in [0.2, 0.25) is 0 Å². The molecule has 2 atom stereocenters. The Hall–Kier alpha value is -1.29. The Balaban J connectivity index is 1.77. The second-order valence-electron chi connectivity index (χ2n) is 4.74. The minimum absolute atomic E-state index is 0.121. The molecule has 1 unspecified atom stereocenters. The molecule has 2 N–H and O–H groups in total. The second kappa shape index (κ2) is 5.87. The highest BCUT2D eigenvalue weighted by Crippen LogP contribution is 2.11. The van der Waals surface area contributed by atoms with Gasteiger partial charge in [-0.2, -0.15) is 0 Å². The topological polar surface area (TPSA) is 54.3 Å². The molecule has 0 spiro atoms. The molecule has 0 aliphatic carbocycles. The van der Waals surface area contributed by atoms with E-state index in [0.29, 0.717) is 0 Å². The van der Waals surface area contributed by atoms with Gasteiger partial charge in [0.15, 0.2) is 0 Å². The monoisotopic (exact) mass is 236 g/mol. The molecule has 0 radical (unpaired) electrons. The highest BCUT2D eigenvalue weighted by molar-refractivity contribution is 5.79. The first kappa shape index (κ1) is 12.2. The third-order valence-corrected chi connectivity index (χ3v) is 3.14. The van der Waals surface area contributed by atoms with Gasteiger partial charge in [0.1, 0.15) is 5.76 Å². The smallest absolute Gasteiger partial charge is 0.224 e. The van der Waals surface area contributed by atoms with Gasteiger partial charge in [-0.25, -0.2) is 0 Å². The SMILES string of the molecule is CC(Cc1ccco1)NC(=O)[C@@H]1CCCNC1. The molecule has 1 aromatic heterocycles. The Morgan fingerprint density at radius 3 is 3.24 bits per heavy atom. The Bertz CT molecular complexity index is 342. The average molecular weight is 236 g/mol. The molecule has 1 aliphatic heterocycles. The maximum Gasteiger partial charge on any atom is 0.224 e. The highest BCUT2D eigenvalue weighted by Gasteiger charge is 2.22. The fraction of sp³-hybridized carbons (Fsp3) is 0.615. The van der Waals surface area contributed by atoms with E-state index >= 15 is 0 Å². The summed E-state index contributed by atoms with van der Waals surface area (Å²) < 4.78 is 5.27. The van der Waals surface area contributed by atoms with Gasteiger partial charge in [-0.05, 0) is 38.4 Å². The Morgan fingerprint density at radius 2 is 2.59 bits per heavy atom. The summed E-state index contributed by atoms with van der Waals surface area (Å²) in [6.07, 6.45) is 4.49. The lowest BCUT2D eigenvalue weighted by Gasteiger charge is -2.23. The van der Waals surface area contributed by atoms with Crippen LogP contribution in [0.5, 0.6) is 0 Å². The number of hydrogen-bond acceptors (Lipinski definition) is 3. The lowest BCUT2D eigenvalue weighted by molar-refractivity contribution is -0.126. The molecule has 17 heavy (non-hydrogen) atoms. The van der Waals surface area contributed by atoms with Gasteiger partial charge in [0, 0.05) is 19.0 Å². The summed E-state index contributed by atoms with van der Waals surface area (Å²) in [4.78, 5) is 12.0. The normalized spacial score (nSPS) is 22.1. The summed E-state index contributed by atoms with van der Waals surface area (Å²) in [6, 6.07) is 3.93. The van der Waals surface area contributed by atoms with Crippen LogP contribution in [-0.4, -0.2) is 25.0 Å². The van der Waals surface area contributed by atoms with Gasteiger partial charge in [-0.3, -0.25) is 4.79 Å². The summed E-state index contributed by atoms with van der Waals surface area (Å²) in [5, 5.41) is 6.30. The van der Waals surface area contributed by atoms with Crippen molar-refractivity contribution >= 4 is 5.91 Å². The van der Waals surface area contributed by atoms with Gasteiger partial charge in [-0.15, -0.1) is 0 Å². The molecule has 1 aliphatic rings. The van der Waals surface area contributed by atoms with Crippen LogP contribution in [0.15, 0.2) is 22.8 Å². The number of nitrogens with one attached hydrogen (secondary N) is 2. The minimum Gasteiger partial charge on any atom is -0.469 e. The molecule has 1 amide bonds. The fourth-order valence-electron chi connectivity index (χ4n) is 2.22. The van der Waals surface area contributed by atoms with Crippen molar-refractivity contribution in [2.24, 2.45) is 5.92 Å². The van der Waals surface area contributed by atoms with Gasteiger partial charge in [0.2, 0.25) is 5.91 Å². The number of carbonyl (C=O) groups is 1. The summed E-state index contributed by atoms with van der Waals surface area (Å²) in [5.74, 6) is 1.21. The zero-order chi connectivity index (χ0) is 12.1. The van der Waals surface area contributed by atoms with Crippen molar-refractivity contribution in [3.8, 4) is 0 Å². The van der Waals surface area contributed by atoms with E-state index in [9.17, 15) is 4.79 Å². The van der Waals surface area contributed by atoms with E-state index in [-0.39, 0.29) is 17.9 Å². The number of amides is 1. The number of piperidine rings is 1. The third kappa shape index (κ3) is 3.60. The van der Waals surface area contributed by atoms with Crippen molar-refractivity contribution in [1.82, 2.24) is 10.6 Å². The minimum atomic E-state index is 0.121. The summed E-state index contributed by atoms with van der Waals surface area (Å²) in [6.45, 7) is 3.85. The molecule has 2 heterocycles. The van der Waals surface area contributed by atoms with E-state index in [1.165, 1.54) is 0 Å². The molecule has 0 aromatic carbocycles. The molecule has 0 saturated carbocycles. The van der Waals surface area contributed by atoms with E-state index in [0.717, 1.165) is 38.1 Å². The van der Waals surface area contributed by atoms with E-state index in [1.807, 2.05) is 19.1 Å². The van der Waals surface area contributed by atoms with Crippen LogP contribution >= 0.6 is 0 Å². The molecule has 94 valence electrons. The van der Waals surface area contributed by atoms with Crippen molar-refractivity contribution in [3.63, 3.8) is 0 Å². The Morgan fingerprint density at radius 1 is 1.71 bits per heavy atom. The summed E-state index contributed by atoms with van der Waals surface area (Å²) in [7, 11) is 0. The molecule has 1 saturated heterocycles. The zero-order valence-corrected chi connectivity index (χ0v) is 10.2. The van der Waals surface area contributed by atoms with Crippen molar-refractivity contribution in [2.45, 2.75) is 32.2 Å². The average Bonchev–Trinajstić information content (AvgIpc) is 2.82. The van der Waals surface area contributed by atoms with Crippen molar-refractivity contribution in [1.29, 1.82) is 0 Å². The summed E-state index contributed by atoms with van der Waals surface area (Å²) >= 11 is 0. The van der Waals surface area contributed by atoms with Gasteiger partial charge < -0.3 is 15.1 Å². The first-order valence-corrected chi connectivity index (χ1v) is 6.29. The number of hydrogen-bond donors (Lipinski definition) is 2. The molecule has 2 rings (SSSR count).